The highest BCUT2D eigenvalue weighted by Gasteiger charge is 2.18. The molecule has 0 aliphatic rings. The van der Waals surface area contributed by atoms with Crippen LogP contribution in [-0.2, 0) is 14.3 Å². The molecule has 1 amide bonds. The number of amides is 1. The fourth-order valence-electron chi connectivity index (χ4n) is 11.5. The number of esters is 1. The molecule has 0 aliphatic heterocycles. The van der Waals surface area contributed by atoms with Crippen molar-refractivity contribution in [2.45, 2.75) is 418 Å². The number of hydrogen-bond acceptors (Lipinski definition) is 5. The summed E-state index contributed by atoms with van der Waals surface area (Å²) in [7, 11) is 0. The minimum Gasteiger partial charge on any atom is -0.466 e. The minimum atomic E-state index is -0.843. The van der Waals surface area contributed by atoms with E-state index in [9.17, 15) is 19.8 Å². The van der Waals surface area contributed by atoms with Crippen molar-refractivity contribution in [2.24, 2.45) is 0 Å². The number of ether oxygens (including phenoxy) is 1. The number of allylic oxidation sites excluding steroid dienone is 5. The number of carbonyl (C=O) groups excluding carboxylic acids is 2. The van der Waals surface area contributed by atoms with E-state index in [1.165, 1.54) is 334 Å². The first-order chi connectivity index (χ1) is 40.0. The lowest BCUT2D eigenvalue weighted by atomic mass is 10.0. The first-order valence-corrected chi connectivity index (χ1v) is 36.8. The van der Waals surface area contributed by atoms with Crippen molar-refractivity contribution >= 4 is 11.9 Å². The molecule has 0 saturated carbocycles. The van der Waals surface area contributed by atoms with Gasteiger partial charge in [0.15, 0.2) is 0 Å². The van der Waals surface area contributed by atoms with E-state index in [2.05, 4.69) is 43.5 Å². The minimum absolute atomic E-state index is 0.0103. The number of aliphatic hydroxyl groups excluding tert-OH is 2. The number of unbranched alkanes of at least 4 members (excludes halogenated alkanes) is 54. The Labute approximate surface area is 506 Å². The molecule has 3 N–H and O–H groups in total. The SMILES string of the molecule is CCCCCCC/C=C\CCCCCCCC(=O)OCCCCCCCCCCCCCC/C=C\CCCCCCCCCCCCCCCCCCCC(=O)NC(CO)C(O)/C=C/CCCCCCCCCCCCCCCCC. The van der Waals surface area contributed by atoms with Gasteiger partial charge in [0.05, 0.1) is 25.4 Å². The molecular formula is C75H143NO5. The van der Waals surface area contributed by atoms with Crippen LogP contribution in [-0.4, -0.2) is 47.4 Å². The van der Waals surface area contributed by atoms with E-state index in [1.54, 1.807) is 6.08 Å². The second-order valence-electron chi connectivity index (χ2n) is 25.3. The largest absolute Gasteiger partial charge is 0.466 e. The molecule has 81 heavy (non-hydrogen) atoms. The molecule has 0 saturated heterocycles. The molecule has 0 radical (unpaired) electrons. The maximum Gasteiger partial charge on any atom is 0.305 e. The van der Waals surface area contributed by atoms with Gasteiger partial charge in [-0.1, -0.05) is 346 Å². The Morgan fingerprint density at radius 1 is 0.333 bits per heavy atom. The lowest BCUT2D eigenvalue weighted by molar-refractivity contribution is -0.143. The van der Waals surface area contributed by atoms with Crippen molar-refractivity contribution in [1.29, 1.82) is 0 Å². The molecule has 0 heterocycles. The molecule has 0 aromatic carbocycles. The number of hydrogen-bond donors (Lipinski definition) is 3. The van der Waals surface area contributed by atoms with E-state index in [-0.39, 0.29) is 18.5 Å². The summed E-state index contributed by atoms with van der Waals surface area (Å²) in [6, 6.07) is -0.626. The van der Waals surface area contributed by atoms with Crippen LogP contribution in [0.5, 0.6) is 0 Å². The number of carbonyl (C=O) groups is 2. The standard InChI is InChI=1S/C75H143NO5/c1-3-5-7-9-11-13-15-17-19-37-40-43-47-51-55-59-63-67-73(78)72(71-77)76-74(79)68-64-60-56-52-48-44-41-38-35-33-31-29-27-25-23-21-20-22-24-26-28-30-32-34-36-39-42-46-50-54-58-62-66-70-81-75(80)69-65-61-57-53-49-45-18-16-14-12-10-8-6-4-2/h16,18,24,26,63,67,72-73,77-78H,3-15,17,19-23,25,27-62,64-66,68-71H2,1-2H3,(H,76,79)/b18-16-,26-24-,67-63+. The highest BCUT2D eigenvalue weighted by Crippen LogP contribution is 2.19. The molecule has 6 heteroatoms. The molecule has 0 aromatic heterocycles. The second kappa shape index (κ2) is 70.6. The number of rotatable bonds is 69. The Kier molecular flexibility index (Phi) is 68.9. The summed E-state index contributed by atoms with van der Waals surface area (Å²) in [4.78, 5) is 24.6. The lowest BCUT2D eigenvalue weighted by Gasteiger charge is -2.20. The van der Waals surface area contributed by atoms with Gasteiger partial charge < -0.3 is 20.3 Å². The smallest absolute Gasteiger partial charge is 0.305 e. The summed E-state index contributed by atoms with van der Waals surface area (Å²) >= 11 is 0. The van der Waals surface area contributed by atoms with Gasteiger partial charge in [-0.15, -0.1) is 0 Å². The van der Waals surface area contributed by atoms with E-state index in [0.29, 0.717) is 19.4 Å². The van der Waals surface area contributed by atoms with Gasteiger partial charge in [-0.25, -0.2) is 0 Å². The zero-order chi connectivity index (χ0) is 58.5. The summed E-state index contributed by atoms with van der Waals surface area (Å²) < 4.78 is 5.49. The van der Waals surface area contributed by atoms with Gasteiger partial charge in [0.25, 0.3) is 0 Å². The zero-order valence-corrected chi connectivity index (χ0v) is 54.8. The quantitative estimate of drug-likeness (QED) is 0.0320. The molecule has 0 rings (SSSR count). The van der Waals surface area contributed by atoms with Crippen molar-refractivity contribution < 1.29 is 24.5 Å². The number of nitrogens with one attached hydrogen (secondary N) is 1. The van der Waals surface area contributed by atoms with E-state index >= 15 is 0 Å². The zero-order valence-electron chi connectivity index (χ0n) is 54.8. The normalized spacial score (nSPS) is 12.7. The van der Waals surface area contributed by atoms with E-state index in [0.717, 1.165) is 44.9 Å². The van der Waals surface area contributed by atoms with Crippen LogP contribution in [0.2, 0.25) is 0 Å². The molecule has 2 unspecified atom stereocenters. The molecule has 6 nitrogen and oxygen atoms in total. The van der Waals surface area contributed by atoms with E-state index in [1.807, 2.05) is 6.08 Å². The molecule has 0 aliphatic carbocycles. The third kappa shape index (κ3) is 67.1. The van der Waals surface area contributed by atoms with Gasteiger partial charge in [-0.3, -0.25) is 9.59 Å². The molecule has 0 fully saturated rings. The third-order valence-electron chi connectivity index (χ3n) is 17.1. The van der Waals surface area contributed by atoms with Crippen molar-refractivity contribution in [3.63, 3.8) is 0 Å². The predicted octanol–water partition coefficient (Wildman–Crippen LogP) is 23.9. The molecule has 478 valence electrons. The van der Waals surface area contributed by atoms with Crippen LogP contribution in [0.4, 0.5) is 0 Å². The Morgan fingerprint density at radius 2 is 0.580 bits per heavy atom. The van der Waals surface area contributed by atoms with Crippen LogP contribution in [0.3, 0.4) is 0 Å². The van der Waals surface area contributed by atoms with Gasteiger partial charge in [0.1, 0.15) is 0 Å². The molecule has 0 aromatic rings. The maximum absolute atomic E-state index is 12.5. The molecular weight excluding hydrogens is 995 g/mol. The Bertz CT molecular complexity index is 1310. The first kappa shape index (κ1) is 79.1. The Morgan fingerprint density at radius 3 is 0.877 bits per heavy atom. The summed E-state index contributed by atoms with van der Waals surface area (Å²) in [5.41, 5.74) is 0. The maximum atomic E-state index is 12.5. The van der Waals surface area contributed by atoms with Gasteiger partial charge in [0.2, 0.25) is 5.91 Å². The highest BCUT2D eigenvalue weighted by atomic mass is 16.5. The van der Waals surface area contributed by atoms with Crippen LogP contribution in [0.1, 0.15) is 406 Å². The van der Waals surface area contributed by atoms with Crippen LogP contribution in [0.25, 0.3) is 0 Å². The summed E-state index contributed by atoms with van der Waals surface area (Å²) in [6.45, 7) is 4.93. The fourth-order valence-corrected chi connectivity index (χ4v) is 11.5. The third-order valence-corrected chi connectivity index (χ3v) is 17.1. The monoisotopic (exact) mass is 1140 g/mol. The summed E-state index contributed by atoms with van der Waals surface area (Å²) in [5.74, 6) is -0.0516. The number of aliphatic hydroxyl groups is 2. The highest BCUT2D eigenvalue weighted by molar-refractivity contribution is 5.76. The molecule has 0 spiro atoms. The lowest BCUT2D eigenvalue weighted by Crippen LogP contribution is -2.45. The van der Waals surface area contributed by atoms with Gasteiger partial charge in [0, 0.05) is 12.8 Å². The van der Waals surface area contributed by atoms with Gasteiger partial charge >= 0.3 is 5.97 Å². The molecule has 0 bridgehead atoms. The fraction of sp³-hybridized carbons (Fsp3) is 0.893. The average molecular weight is 1140 g/mol. The predicted molar refractivity (Wildman–Crippen MR) is 356 cm³/mol. The van der Waals surface area contributed by atoms with Crippen LogP contribution in [0, 0.1) is 0 Å². The van der Waals surface area contributed by atoms with Crippen molar-refractivity contribution in [3.05, 3.63) is 36.5 Å². The van der Waals surface area contributed by atoms with Crippen molar-refractivity contribution in [1.82, 2.24) is 5.32 Å². The van der Waals surface area contributed by atoms with Crippen LogP contribution in [0.15, 0.2) is 36.5 Å². The van der Waals surface area contributed by atoms with Gasteiger partial charge in [-0.05, 0) is 83.5 Å². The second-order valence-corrected chi connectivity index (χ2v) is 25.3. The van der Waals surface area contributed by atoms with Crippen LogP contribution >= 0.6 is 0 Å². The van der Waals surface area contributed by atoms with Gasteiger partial charge in [-0.2, -0.15) is 0 Å². The van der Waals surface area contributed by atoms with Crippen molar-refractivity contribution in [3.8, 4) is 0 Å². The van der Waals surface area contributed by atoms with Crippen LogP contribution < -0.4 is 5.32 Å². The average Bonchev–Trinajstić information content (AvgIpc) is 3.47. The van der Waals surface area contributed by atoms with E-state index in [4.69, 9.17) is 4.74 Å². The molecule has 2 atom stereocenters. The summed E-state index contributed by atoms with van der Waals surface area (Å²) in [5, 5.41) is 23.2. The topological polar surface area (TPSA) is 95.9 Å². The summed E-state index contributed by atoms with van der Waals surface area (Å²) in [6.07, 6.45) is 91.0. The van der Waals surface area contributed by atoms with E-state index < -0.39 is 12.1 Å². The first-order valence-electron chi connectivity index (χ1n) is 36.8. The Hall–Kier alpha value is -1.92. The Balaban J connectivity index is 3.37. The van der Waals surface area contributed by atoms with Crippen molar-refractivity contribution in [2.75, 3.05) is 13.2 Å².